The second-order valence-corrected chi connectivity index (χ2v) is 4.84. The molecule has 114 valence electrons. The predicted molar refractivity (Wildman–Crippen MR) is 79.1 cm³/mol. The Morgan fingerprint density at radius 1 is 1.13 bits per heavy atom. The SMILES string of the molecule is Cc1nc(-c2ccccn2)n(Cc2nc(-c3ccco3)no2)n1. The van der Waals surface area contributed by atoms with Crippen LogP contribution < -0.4 is 0 Å². The molecule has 4 aromatic rings. The fraction of sp³-hybridized carbons (Fsp3) is 0.133. The van der Waals surface area contributed by atoms with Gasteiger partial charge in [0.05, 0.1) is 6.26 Å². The van der Waals surface area contributed by atoms with E-state index in [9.17, 15) is 0 Å². The van der Waals surface area contributed by atoms with E-state index in [1.165, 1.54) is 0 Å². The highest BCUT2D eigenvalue weighted by Crippen LogP contribution is 2.18. The van der Waals surface area contributed by atoms with Crippen molar-refractivity contribution in [1.29, 1.82) is 0 Å². The molecule has 0 aromatic carbocycles. The van der Waals surface area contributed by atoms with Crippen molar-refractivity contribution in [3.63, 3.8) is 0 Å². The molecule has 0 aliphatic heterocycles. The van der Waals surface area contributed by atoms with E-state index in [0.29, 0.717) is 35.7 Å². The first-order valence-electron chi connectivity index (χ1n) is 6.99. The van der Waals surface area contributed by atoms with Crippen molar-refractivity contribution in [3.05, 3.63) is 54.5 Å². The first-order valence-corrected chi connectivity index (χ1v) is 6.99. The van der Waals surface area contributed by atoms with Gasteiger partial charge in [0, 0.05) is 6.20 Å². The first kappa shape index (κ1) is 13.4. The average Bonchev–Trinajstić information content (AvgIpc) is 3.29. The molecule has 0 amide bonds. The lowest BCUT2D eigenvalue weighted by Crippen LogP contribution is -2.05. The van der Waals surface area contributed by atoms with Crippen molar-refractivity contribution < 1.29 is 8.94 Å². The second-order valence-electron chi connectivity index (χ2n) is 4.84. The average molecular weight is 308 g/mol. The van der Waals surface area contributed by atoms with Crippen LogP contribution in [0.3, 0.4) is 0 Å². The van der Waals surface area contributed by atoms with Gasteiger partial charge >= 0.3 is 0 Å². The first-order chi connectivity index (χ1) is 11.3. The lowest BCUT2D eigenvalue weighted by atomic mass is 10.3. The molecule has 23 heavy (non-hydrogen) atoms. The maximum Gasteiger partial charge on any atom is 0.248 e. The van der Waals surface area contributed by atoms with Crippen LogP contribution in [-0.4, -0.2) is 29.9 Å². The van der Waals surface area contributed by atoms with Crippen LogP contribution in [0.5, 0.6) is 0 Å². The molecule has 0 saturated carbocycles. The van der Waals surface area contributed by atoms with E-state index in [1.54, 1.807) is 29.3 Å². The summed E-state index contributed by atoms with van der Waals surface area (Å²) in [5.74, 6) is 2.68. The Labute approximate surface area is 130 Å². The summed E-state index contributed by atoms with van der Waals surface area (Å²) in [7, 11) is 0. The number of nitrogens with zero attached hydrogens (tertiary/aromatic N) is 6. The summed E-state index contributed by atoms with van der Waals surface area (Å²) in [6.45, 7) is 2.13. The zero-order chi connectivity index (χ0) is 15.6. The molecule has 4 rings (SSSR count). The van der Waals surface area contributed by atoms with Crippen molar-refractivity contribution in [2.75, 3.05) is 0 Å². The van der Waals surface area contributed by atoms with Gasteiger partial charge in [0.25, 0.3) is 0 Å². The minimum absolute atomic E-state index is 0.306. The number of rotatable bonds is 4. The van der Waals surface area contributed by atoms with E-state index in [0.717, 1.165) is 5.69 Å². The number of pyridine rings is 1. The van der Waals surface area contributed by atoms with Crippen molar-refractivity contribution >= 4 is 0 Å². The molecule has 0 spiro atoms. The van der Waals surface area contributed by atoms with E-state index in [4.69, 9.17) is 8.94 Å². The van der Waals surface area contributed by atoms with E-state index < -0.39 is 0 Å². The maximum atomic E-state index is 5.26. The molecule has 4 aromatic heterocycles. The van der Waals surface area contributed by atoms with Gasteiger partial charge in [-0.1, -0.05) is 11.2 Å². The maximum absolute atomic E-state index is 5.26. The van der Waals surface area contributed by atoms with Crippen LogP contribution in [0.15, 0.2) is 51.7 Å². The summed E-state index contributed by atoms with van der Waals surface area (Å²) in [5, 5.41) is 8.28. The highest BCUT2D eigenvalue weighted by molar-refractivity contribution is 5.49. The van der Waals surface area contributed by atoms with Crippen LogP contribution in [-0.2, 0) is 6.54 Å². The monoisotopic (exact) mass is 308 g/mol. The fourth-order valence-corrected chi connectivity index (χ4v) is 2.20. The van der Waals surface area contributed by atoms with E-state index in [-0.39, 0.29) is 0 Å². The van der Waals surface area contributed by atoms with Gasteiger partial charge < -0.3 is 8.94 Å². The zero-order valence-electron chi connectivity index (χ0n) is 12.2. The van der Waals surface area contributed by atoms with Gasteiger partial charge in [-0.3, -0.25) is 4.98 Å². The summed E-state index contributed by atoms with van der Waals surface area (Å²) in [5.41, 5.74) is 0.735. The van der Waals surface area contributed by atoms with Gasteiger partial charge in [0.15, 0.2) is 11.6 Å². The highest BCUT2D eigenvalue weighted by atomic mass is 16.5. The van der Waals surface area contributed by atoms with Crippen molar-refractivity contribution in [2.45, 2.75) is 13.5 Å². The molecular weight excluding hydrogens is 296 g/mol. The molecule has 4 heterocycles. The lowest BCUT2D eigenvalue weighted by Gasteiger charge is -2.01. The van der Waals surface area contributed by atoms with Crippen LogP contribution >= 0.6 is 0 Å². The van der Waals surface area contributed by atoms with Crippen LogP contribution in [0, 0.1) is 6.92 Å². The van der Waals surface area contributed by atoms with Crippen LogP contribution in [0.1, 0.15) is 11.7 Å². The molecule has 0 radical (unpaired) electrons. The summed E-state index contributed by atoms with van der Waals surface area (Å²) < 4.78 is 12.2. The van der Waals surface area contributed by atoms with Gasteiger partial charge in [-0.25, -0.2) is 9.67 Å². The minimum atomic E-state index is 0.306. The van der Waals surface area contributed by atoms with Crippen LogP contribution in [0.25, 0.3) is 23.1 Å². The molecular formula is C15H12N6O2. The summed E-state index contributed by atoms with van der Waals surface area (Å²) in [6, 6.07) is 9.17. The van der Waals surface area contributed by atoms with Crippen LogP contribution in [0.2, 0.25) is 0 Å². The molecule has 0 bridgehead atoms. The number of furan rings is 1. The Morgan fingerprint density at radius 2 is 2.09 bits per heavy atom. The third-order valence-electron chi connectivity index (χ3n) is 3.17. The van der Waals surface area contributed by atoms with E-state index in [2.05, 4.69) is 25.2 Å². The molecule has 0 aliphatic carbocycles. The standard InChI is InChI=1S/C15H12N6O2/c1-10-17-15(11-5-2-3-7-16-11)21(19-10)9-13-18-14(20-23-13)12-6-4-8-22-12/h2-8H,9H2,1H3. The second kappa shape index (κ2) is 5.48. The Bertz CT molecular complexity index is 911. The van der Waals surface area contributed by atoms with E-state index in [1.807, 2.05) is 25.1 Å². The van der Waals surface area contributed by atoms with Gasteiger partial charge in [-0.15, -0.1) is 0 Å². The lowest BCUT2D eigenvalue weighted by molar-refractivity contribution is 0.365. The normalized spacial score (nSPS) is 11.0. The topological polar surface area (TPSA) is 95.7 Å². The highest BCUT2D eigenvalue weighted by Gasteiger charge is 2.16. The predicted octanol–water partition coefficient (Wildman–Crippen LogP) is 2.34. The minimum Gasteiger partial charge on any atom is -0.461 e. The number of aryl methyl sites for hydroxylation is 1. The zero-order valence-corrected chi connectivity index (χ0v) is 12.2. The summed E-state index contributed by atoms with van der Waals surface area (Å²) in [6.07, 6.45) is 3.27. The number of hydrogen-bond acceptors (Lipinski definition) is 7. The van der Waals surface area contributed by atoms with Gasteiger partial charge in [-0.2, -0.15) is 10.1 Å². The largest absolute Gasteiger partial charge is 0.461 e. The molecule has 0 saturated heterocycles. The third-order valence-corrected chi connectivity index (χ3v) is 3.17. The van der Waals surface area contributed by atoms with Crippen molar-refractivity contribution in [1.82, 2.24) is 29.9 Å². The van der Waals surface area contributed by atoms with Crippen LogP contribution in [0.4, 0.5) is 0 Å². The molecule has 0 fully saturated rings. The third kappa shape index (κ3) is 2.61. The molecule has 8 nitrogen and oxygen atoms in total. The van der Waals surface area contributed by atoms with Crippen molar-refractivity contribution in [3.8, 4) is 23.1 Å². The summed E-state index contributed by atoms with van der Waals surface area (Å²) >= 11 is 0. The van der Waals surface area contributed by atoms with Crippen molar-refractivity contribution in [2.24, 2.45) is 0 Å². The Kier molecular flexibility index (Phi) is 3.19. The van der Waals surface area contributed by atoms with Gasteiger partial charge in [-0.05, 0) is 31.2 Å². The number of hydrogen-bond donors (Lipinski definition) is 0. The molecule has 0 atom stereocenters. The Balaban J connectivity index is 1.65. The molecule has 8 heteroatoms. The Hall–Kier alpha value is -3.29. The quantitative estimate of drug-likeness (QED) is 0.571. The molecule has 0 N–H and O–H groups in total. The van der Waals surface area contributed by atoms with Gasteiger partial charge in [0.1, 0.15) is 18.1 Å². The molecule has 0 aliphatic rings. The van der Waals surface area contributed by atoms with Gasteiger partial charge in [0.2, 0.25) is 11.7 Å². The fourth-order valence-electron chi connectivity index (χ4n) is 2.20. The summed E-state index contributed by atoms with van der Waals surface area (Å²) in [4.78, 5) is 13.0. The Morgan fingerprint density at radius 3 is 2.87 bits per heavy atom. The smallest absolute Gasteiger partial charge is 0.248 e. The van der Waals surface area contributed by atoms with E-state index >= 15 is 0 Å². The number of aromatic nitrogens is 6. The molecule has 0 unspecified atom stereocenters.